The quantitative estimate of drug-likeness (QED) is 0.832. The van der Waals surface area contributed by atoms with Crippen LogP contribution in [0, 0.1) is 5.92 Å². The molecular weight excluding hydrogens is 264 g/mol. The van der Waals surface area contributed by atoms with Crippen molar-refractivity contribution in [2.45, 2.75) is 19.8 Å². The van der Waals surface area contributed by atoms with Crippen molar-refractivity contribution in [2.24, 2.45) is 5.92 Å². The first-order chi connectivity index (χ1) is 10.2. The van der Waals surface area contributed by atoms with Gasteiger partial charge in [0.1, 0.15) is 5.75 Å². The molecule has 2 heterocycles. The summed E-state index contributed by atoms with van der Waals surface area (Å²) in [5, 5.41) is 0. The molecule has 0 aromatic heterocycles. The summed E-state index contributed by atoms with van der Waals surface area (Å²) in [4.78, 5) is 15.8. The van der Waals surface area contributed by atoms with E-state index >= 15 is 0 Å². The van der Waals surface area contributed by atoms with Gasteiger partial charge in [-0.15, -0.1) is 0 Å². The number of benzene rings is 1. The molecule has 3 rings (SSSR count). The van der Waals surface area contributed by atoms with Crippen LogP contribution in [0.4, 0.5) is 0 Å². The summed E-state index contributed by atoms with van der Waals surface area (Å²) in [6.45, 7) is 7.33. The zero-order valence-electron chi connectivity index (χ0n) is 12.8. The van der Waals surface area contributed by atoms with E-state index in [1.165, 1.54) is 5.56 Å². The van der Waals surface area contributed by atoms with Crippen molar-refractivity contribution in [2.75, 3.05) is 39.3 Å². The maximum Gasteiger partial charge on any atom is 0.219 e. The average Bonchev–Trinajstić information content (AvgIpc) is 2.69. The summed E-state index contributed by atoms with van der Waals surface area (Å²) in [5.74, 6) is 1.91. The highest BCUT2D eigenvalue weighted by Gasteiger charge is 2.23. The van der Waals surface area contributed by atoms with Crippen molar-refractivity contribution in [3.8, 4) is 5.75 Å². The molecule has 2 aliphatic heterocycles. The number of para-hydroxylation sites is 1. The number of fused-ring (bicyclic) bond motifs is 1. The standard InChI is InChI=1S/C17H24N2O2/c1-14(20)19-9-7-18(8-10-19)13-15-6-11-21-17-5-3-2-4-16(17)12-15/h2-5,15H,6-13H2,1H3/t15-/m1/s1. The molecule has 1 saturated heterocycles. The van der Waals surface area contributed by atoms with Crippen LogP contribution >= 0.6 is 0 Å². The molecule has 0 spiro atoms. The molecule has 0 bridgehead atoms. The lowest BCUT2D eigenvalue weighted by Gasteiger charge is -2.35. The van der Waals surface area contributed by atoms with E-state index in [0.29, 0.717) is 5.92 Å². The number of hydrogen-bond acceptors (Lipinski definition) is 3. The van der Waals surface area contributed by atoms with Crippen molar-refractivity contribution in [3.05, 3.63) is 29.8 Å². The lowest BCUT2D eigenvalue weighted by atomic mass is 9.96. The summed E-state index contributed by atoms with van der Waals surface area (Å²) in [6.07, 6.45) is 2.21. The molecule has 1 aromatic rings. The summed E-state index contributed by atoms with van der Waals surface area (Å²) < 4.78 is 5.84. The lowest BCUT2D eigenvalue weighted by molar-refractivity contribution is -0.130. The van der Waals surface area contributed by atoms with Gasteiger partial charge in [0.05, 0.1) is 6.61 Å². The van der Waals surface area contributed by atoms with E-state index in [1.54, 1.807) is 6.92 Å². The van der Waals surface area contributed by atoms with Crippen LogP contribution in [0.1, 0.15) is 18.9 Å². The zero-order valence-corrected chi connectivity index (χ0v) is 12.8. The van der Waals surface area contributed by atoms with E-state index in [-0.39, 0.29) is 5.91 Å². The van der Waals surface area contributed by atoms with Gasteiger partial charge in [0.2, 0.25) is 5.91 Å². The van der Waals surface area contributed by atoms with Crippen LogP contribution in [-0.4, -0.2) is 55.0 Å². The number of nitrogens with zero attached hydrogens (tertiary/aromatic N) is 2. The summed E-state index contributed by atoms with van der Waals surface area (Å²) >= 11 is 0. The summed E-state index contributed by atoms with van der Waals surface area (Å²) in [5.41, 5.74) is 1.34. The van der Waals surface area contributed by atoms with Crippen molar-refractivity contribution in [1.82, 2.24) is 9.80 Å². The van der Waals surface area contributed by atoms with E-state index in [9.17, 15) is 4.79 Å². The second-order valence-corrected chi connectivity index (χ2v) is 6.12. The first-order valence-corrected chi connectivity index (χ1v) is 7.91. The summed E-state index contributed by atoms with van der Waals surface area (Å²) in [6, 6.07) is 8.39. The number of carbonyl (C=O) groups excluding carboxylic acids is 1. The first-order valence-electron chi connectivity index (χ1n) is 7.91. The van der Waals surface area contributed by atoms with Gasteiger partial charge in [-0.25, -0.2) is 0 Å². The van der Waals surface area contributed by atoms with E-state index in [2.05, 4.69) is 23.1 Å². The minimum absolute atomic E-state index is 0.200. The van der Waals surface area contributed by atoms with Crippen LogP contribution in [0.3, 0.4) is 0 Å². The number of carbonyl (C=O) groups is 1. The molecule has 21 heavy (non-hydrogen) atoms. The second-order valence-electron chi connectivity index (χ2n) is 6.12. The Balaban J connectivity index is 1.55. The fraction of sp³-hybridized carbons (Fsp3) is 0.588. The Labute approximate surface area is 126 Å². The third-order valence-corrected chi connectivity index (χ3v) is 4.60. The van der Waals surface area contributed by atoms with Crippen LogP contribution in [0.5, 0.6) is 5.75 Å². The molecule has 0 unspecified atom stereocenters. The maximum absolute atomic E-state index is 11.4. The van der Waals surface area contributed by atoms with Gasteiger partial charge in [0, 0.05) is 39.6 Å². The van der Waals surface area contributed by atoms with Crippen LogP contribution in [0.25, 0.3) is 0 Å². The van der Waals surface area contributed by atoms with Gasteiger partial charge >= 0.3 is 0 Å². The molecule has 1 atom stereocenters. The number of hydrogen-bond donors (Lipinski definition) is 0. The highest BCUT2D eigenvalue weighted by Crippen LogP contribution is 2.27. The largest absolute Gasteiger partial charge is 0.493 e. The molecule has 0 saturated carbocycles. The maximum atomic E-state index is 11.4. The van der Waals surface area contributed by atoms with Crippen LogP contribution in [0.15, 0.2) is 24.3 Å². The smallest absolute Gasteiger partial charge is 0.219 e. The van der Waals surface area contributed by atoms with Crippen molar-refractivity contribution >= 4 is 5.91 Å². The van der Waals surface area contributed by atoms with Gasteiger partial charge in [-0.3, -0.25) is 9.69 Å². The van der Waals surface area contributed by atoms with E-state index in [0.717, 1.165) is 57.9 Å². The zero-order chi connectivity index (χ0) is 14.7. The van der Waals surface area contributed by atoms with Gasteiger partial charge in [-0.05, 0) is 30.4 Å². The van der Waals surface area contributed by atoms with Gasteiger partial charge in [0.25, 0.3) is 0 Å². The first kappa shape index (κ1) is 14.4. The van der Waals surface area contributed by atoms with Crippen LogP contribution in [0.2, 0.25) is 0 Å². The number of amides is 1. The molecule has 2 aliphatic rings. The second kappa shape index (κ2) is 6.48. The van der Waals surface area contributed by atoms with E-state index < -0.39 is 0 Å². The molecule has 1 aromatic carbocycles. The molecule has 0 aliphatic carbocycles. The normalized spacial score (nSPS) is 23.1. The molecule has 0 radical (unpaired) electrons. The highest BCUT2D eigenvalue weighted by molar-refractivity contribution is 5.73. The third-order valence-electron chi connectivity index (χ3n) is 4.60. The Morgan fingerprint density at radius 2 is 2.00 bits per heavy atom. The molecule has 4 heteroatoms. The molecule has 0 N–H and O–H groups in total. The van der Waals surface area contributed by atoms with Gasteiger partial charge in [-0.2, -0.15) is 0 Å². The van der Waals surface area contributed by atoms with Gasteiger partial charge < -0.3 is 9.64 Å². The molecule has 1 amide bonds. The molecule has 114 valence electrons. The molecule has 1 fully saturated rings. The van der Waals surface area contributed by atoms with E-state index in [1.807, 2.05) is 11.0 Å². The number of piperazine rings is 1. The van der Waals surface area contributed by atoms with Crippen molar-refractivity contribution in [3.63, 3.8) is 0 Å². The minimum Gasteiger partial charge on any atom is -0.493 e. The summed E-state index contributed by atoms with van der Waals surface area (Å²) in [7, 11) is 0. The Morgan fingerprint density at radius 1 is 1.24 bits per heavy atom. The fourth-order valence-corrected chi connectivity index (χ4v) is 3.33. The van der Waals surface area contributed by atoms with Crippen molar-refractivity contribution in [1.29, 1.82) is 0 Å². The average molecular weight is 288 g/mol. The predicted octanol–water partition coefficient (Wildman–Crippen LogP) is 1.79. The number of ether oxygens (including phenoxy) is 1. The number of rotatable bonds is 2. The van der Waals surface area contributed by atoms with Gasteiger partial charge in [0.15, 0.2) is 0 Å². The van der Waals surface area contributed by atoms with Crippen LogP contribution < -0.4 is 4.74 Å². The Kier molecular flexibility index (Phi) is 4.44. The molecular formula is C17H24N2O2. The van der Waals surface area contributed by atoms with Crippen molar-refractivity contribution < 1.29 is 9.53 Å². The Bertz CT molecular complexity index is 495. The minimum atomic E-state index is 0.200. The van der Waals surface area contributed by atoms with Gasteiger partial charge in [-0.1, -0.05) is 18.2 Å². The highest BCUT2D eigenvalue weighted by atomic mass is 16.5. The van der Waals surface area contributed by atoms with Crippen LogP contribution in [-0.2, 0) is 11.2 Å². The lowest BCUT2D eigenvalue weighted by Crippen LogP contribution is -2.49. The third kappa shape index (κ3) is 3.56. The Hall–Kier alpha value is -1.55. The monoisotopic (exact) mass is 288 g/mol. The van der Waals surface area contributed by atoms with E-state index in [4.69, 9.17) is 4.74 Å². The topological polar surface area (TPSA) is 32.8 Å². The molecule has 4 nitrogen and oxygen atoms in total. The fourth-order valence-electron chi connectivity index (χ4n) is 3.33. The predicted molar refractivity (Wildman–Crippen MR) is 82.4 cm³/mol. The SMILES string of the molecule is CC(=O)N1CCN(C[C@@H]2CCOc3ccccc3C2)CC1. The Morgan fingerprint density at radius 3 is 2.76 bits per heavy atom.